The topological polar surface area (TPSA) is 108 Å². The van der Waals surface area contributed by atoms with E-state index in [4.69, 9.17) is 5.73 Å². The second-order valence-electron chi connectivity index (χ2n) is 7.84. The van der Waals surface area contributed by atoms with Gasteiger partial charge in [-0.25, -0.2) is 4.98 Å². The first-order valence-corrected chi connectivity index (χ1v) is 9.93. The van der Waals surface area contributed by atoms with Crippen LogP contribution in [0.2, 0.25) is 0 Å². The fraction of sp³-hybridized carbons (Fsp3) is 0.286. The fourth-order valence-electron chi connectivity index (χ4n) is 3.84. The Morgan fingerprint density at radius 3 is 2.71 bits per heavy atom. The van der Waals surface area contributed by atoms with Crippen LogP contribution in [0.4, 0.5) is 30.8 Å². The molecule has 0 radical (unpaired) electrons. The number of aromatic nitrogens is 5. The van der Waals surface area contributed by atoms with E-state index in [1.165, 1.54) is 0 Å². The highest BCUT2D eigenvalue weighted by atomic mass is 19.4. The number of nitrogens with two attached hydrogens (primary N) is 1. The zero-order chi connectivity index (χ0) is 21.8. The van der Waals surface area contributed by atoms with Gasteiger partial charge in [0.05, 0.1) is 0 Å². The van der Waals surface area contributed by atoms with Crippen LogP contribution in [0.3, 0.4) is 0 Å². The summed E-state index contributed by atoms with van der Waals surface area (Å²) in [6, 6.07) is 9.16. The first-order chi connectivity index (χ1) is 14.8. The zero-order valence-corrected chi connectivity index (χ0v) is 16.6. The SMILES string of the molecule is CC(c1ccc2[nH]ccc2c1)c1c(Nc2cc(C3CC3)[nH]n2)nc(N)nc1C(F)(F)F. The molecule has 10 heteroatoms. The number of alkyl halides is 3. The van der Waals surface area contributed by atoms with E-state index in [0.717, 1.165) is 29.4 Å². The van der Waals surface area contributed by atoms with Crippen molar-refractivity contribution in [1.82, 2.24) is 25.1 Å². The van der Waals surface area contributed by atoms with E-state index in [9.17, 15) is 13.2 Å². The molecule has 1 saturated carbocycles. The van der Waals surface area contributed by atoms with Crippen LogP contribution >= 0.6 is 0 Å². The van der Waals surface area contributed by atoms with Gasteiger partial charge in [0.15, 0.2) is 11.5 Å². The minimum atomic E-state index is -4.69. The number of fused-ring (bicyclic) bond motifs is 1. The van der Waals surface area contributed by atoms with Gasteiger partial charge in [-0.1, -0.05) is 13.0 Å². The molecule has 7 nitrogen and oxygen atoms in total. The van der Waals surface area contributed by atoms with Crippen molar-refractivity contribution in [2.75, 3.05) is 11.1 Å². The van der Waals surface area contributed by atoms with Crippen molar-refractivity contribution in [1.29, 1.82) is 0 Å². The molecule has 1 aliphatic rings. The van der Waals surface area contributed by atoms with Gasteiger partial charge in [-0.2, -0.15) is 23.3 Å². The average molecular weight is 427 g/mol. The molecule has 0 amide bonds. The van der Waals surface area contributed by atoms with Gasteiger partial charge in [0.25, 0.3) is 0 Å². The molecule has 160 valence electrons. The first-order valence-electron chi connectivity index (χ1n) is 9.93. The number of nitrogens with one attached hydrogen (secondary N) is 3. The summed E-state index contributed by atoms with van der Waals surface area (Å²) >= 11 is 0. The lowest BCUT2D eigenvalue weighted by molar-refractivity contribution is -0.141. The smallest absolute Gasteiger partial charge is 0.368 e. The third-order valence-electron chi connectivity index (χ3n) is 5.60. The van der Waals surface area contributed by atoms with Crippen LogP contribution in [-0.4, -0.2) is 25.1 Å². The zero-order valence-electron chi connectivity index (χ0n) is 16.6. The molecule has 5 N–H and O–H groups in total. The first kappa shape index (κ1) is 19.4. The van der Waals surface area contributed by atoms with E-state index in [2.05, 4.69) is 30.5 Å². The molecule has 5 rings (SSSR count). The predicted octanol–water partition coefficient (Wildman–Crippen LogP) is 5.05. The van der Waals surface area contributed by atoms with E-state index in [1.807, 2.05) is 18.2 Å². The summed E-state index contributed by atoms with van der Waals surface area (Å²) in [5.74, 6) is -0.292. The number of anilines is 3. The molecule has 1 unspecified atom stereocenters. The minimum absolute atomic E-state index is 0.00432. The van der Waals surface area contributed by atoms with Crippen molar-refractivity contribution >= 4 is 28.5 Å². The lowest BCUT2D eigenvalue weighted by atomic mass is 9.91. The highest BCUT2D eigenvalue weighted by Crippen LogP contribution is 2.42. The molecular weight excluding hydrogens is 407 g/mol. The van der Waals surface area contributed by atoms with Crippen molar-refractivity contribution in [2.24, 2.45) is 0 Å². The maximum atomic E-state index is 13.9. The lowest BCUT2D eigenvalue weighted by Gasteiger charge is -2.21. The summed E-state index contributed by atoms with van der Waals surface area (Å²) in [6.07, 6.45) is -0.761. The Labute approximate surface area is 175 Å². The molecule has 3 aromatic heterocycles. The van der Waals surface area contributed by atoms with Gasteiger partial charge in [-0.05, 0) is 42.0 Å². The van der Waals surface area contributed by atoms with Gasteiger partial charge in [0.2, 0.25) is 5.95 Å². The van der Waals surface area contributed by atoms with Gasteiger partial charge in [0, 0.05) is 40.9 Å². The van der Waals surface area contributed by atoms with Gasteiger partial charge in [-0.3, -0.25) is 5.10 Å². The normalized spacial score (nSPS) is 15.4. The van der Waals surface area contributed by atoms with E-state index in [1.54, 1.807) is 25.3 Å². The van der Waals surface area contributed by atoms with Gasteiger partial charge < -0.3 is 16.0 Å². The second-order valence-corrected chi connectivity index (χ2v) is 7.84. The Balaban J connectivity index is 1.61. The molecule has 31 heavy (non-hydrogen) atoms. The molecule has 4 aromatic rings. The predicted molar refractivity (Wildman–Crippen MR) is 111 cm³/mol. The standard InChI is InChI=1S/C21H20F3N7/c1-10(12-4-5-14-13(8-12)6-7-26-14)17-18(21(22,23)24)28-20(25)29-19(17)27-16-9-15(30-31-16)11-2-3-11/h4-11,26H,2-3H2,1H3,(H4,25,27,28,29,30,31). The van der Waals surface area contributed by atoms with E-state index in [-0.39, 0.29) is 11.4 Å². The third kappa shape index (κ3) is 3.69. The van der Waals surface area contributed by atoms with Crippen molar-refractivity contribution in [3.05, 3.63) is 59.0 Å². The molecule has 1 atom stereocenters. The number of hydrogen-bond acceptors (Lipinski definition) is 5. The van der Waals surface area contributed by atoms with Crippen LogP contribution < -0.4 is 11.1 Å². The maximum Gasteiger partial charge on any atom is 0.433 e. The Morgan fingerprint density at radius 1 is 1.16 bits per heavy atom. The Kier molecular flexibility index (Phi) is 4.38. The number of aromatic amines is 2. The van der Waals surface area contributed by atoms with Gasteiger partial charge in [-0.15, -0.1) is 0 Å². The average Bonchev–Trinajstić information content (AvgIpc) is 3.28. The van der Waals surface area contributed by atoms with Crippen molar-refractivity contribution in [3.63, 3.8) is 0 Å². The number of nitrogen functional groups attached to an aromatic ring is 1. The molecule has 0 spiro atoms. The number of benzene rings is 1. The van der Waals surface area contributed by atoms with Crippen molar-refractivity contribution in [2.45, 2.75) is 37.8 Å². The van der Waals surface area contributed by atoms with Crippen LogP contribution in [0, 0.1) is 0 Å². The maximum absolute atomic E-state index is 13.9. The number of rotatable bonds is 5. The minimum Gasteiger partial charge on any atom is -0.368 e. The summed E-state index contributed by atoms with van der Waals surface area (Å²) in [7, 11) is 0. The number of hydrogen-bond donors (Lipinski definition) is 4. The molecule has 1 aliphatic carbocycles. The van der Waals surface area contributed by atoms with Crippen molar-refractivity contribution < 1.29 is 13.2 Å². The summed E-state index contributed by atoms with van der Waals surface area (Å²) in [5.41, 5.74) is 7.08. The van der Waals surface area contributed by atoms with Crippen molar-refractivity contribution in [3.8, 4) is 0 Å². The van der Waals surface area contributed by atoms with Crippen LogP contribution in [0.25, 0.3) is 10.9 Å². The summed E-state index contributed by atoms with van der Waals surface area (Å²) in [4.78, 5) is 10.7. The number of halogens is 3. The van der Waals surface area contributed by atoms with Gasteiger partial charge in [0.1, 0.15) is 5.82 Å². The highest BCUT2D eigenvalue weighted by molar-refractivity contribution is 5.80. The van der Waals surface area contributed by atoms with Crippen LogP contribution in [0.15, 0.2) is 36.5 Å². The molecule has 3 heterocycles. The molecule has 1 fully saturated rings. The molecule has 0 saturated heterocycles. The van der Waals surface area contributed by atoms with Crippen LogP contribution in [-0.2, 0) is 6.18 Å². The number of nitrogens with zero attached hydrogens (tertiary/aromatic N) is 3. The highest BCUT2D eigenvalue weighted by Gasteiger charge is 2.39. The van der Waals surface area contributed by atoms with E-state index in [0.29, 0.717) is 17.3 Å². The van der Waals surface area contributed by atoms with Crippen LogP contribution in [0.5, 0.6) is 0 Å². The summed E-state index contributed by atoms with van der Waals surface area (Å²) in [5, 5.41) is 11.0. The Morgan fingerprint density at radius 2 is 1.97 bits per heavy atom. The lowest BCUT2D eigenvalue weighted by Crippen LogP contribution is -2.19. The van der Waals surface area contributed by atoms with Crippen LogP contribution in [0.1, 0.15) is 54.1 Å². The van der Waals surface area contributed by atoms with E-state index >= 15 is 0 Å². The Hall–Kier alpha value is -3.56. The molecule has 0 aliphatic heterocycles. The largest absolute Gasteiger partial charge is 0.433 e. The summed E-state index contributed by atoms with van der Waals surface area (Å²) in [6.45, 7) is 1.70. The van der Waals surface area contributed by atoms with Gasteiger partial charge >= 0.3 is 6.18 Å². The Bertz CT molecular complexity index is 1250. The summed E-state index contributed by atoms with van der Waals surface area (Å²) < 4.78 is 41.8. The molecular formula is C21H20F3N7. The molecule has 1 aromatic carbocycles. The third-order valence-corrected chi connectivity index (χ3v) is 5.60. The quantitative estimate of drug-likeness (QED) is 0.356. The number of H-pyrrole nitrogens is 2. The fourth-order valence-corrected chi connectivity index (χ4v) is 3.84. The monoisotopic (exact) mass is 427 g/mol. The van der Waals surface area contributed by atoms with E-state index < -0.39 is 23.7 Å². The molecule has 0 bridgehead atoms. The second kappa shape index (κ2) is 7.00.